The molecule has 0 saturated heterocycles. The fraction of sp³-hybridized carbons (Fsp3) is 0.389. The number of thiophene rings is 1. The van der Waals surface area contributed by atoms with Crippen LogP contribution in [0.25, 0.3) is 20.4 Å². The van der Waals surface area contributed by atoms with E-state index < -0.39 is 0 Å². The highest BCUT2D eigenvalue weighted by molar-refractivity contribution is 7.25. The molecule has 0 N–H and O–H groups in total. The smallest absolute Gasteiger partial charge is 0.271 e. The topological polar surface area (TPSA) is 51.0 Å². The molecule has 0 bridgehead atoms. The molecule has 0 amide bonds. The molecule has 0 saturated carbocycles. The number of hydrogen-bond donors (Lipinski definition) is 0. The van der Waals surface area contributed by atoms with Crippen molar-refractivity contribution in [3.63, 3.8) is 0 Å². The highest BCUT2D eigenvalue weighted by Crippen LogP contribution is 2.35. The van der Waals surface area contributed by atoms with Crippen molar-refractivity contribution in [1.29, 1.82) is 0 Å². The van der Waals surface area contributed by atoms with Gasteiger partial charge in [0.25, 0.3) is 5.56 Å². The number of allylic oxidation sites excluding steroid dienone is 2. The lowest BCUT2D eigenvalue weighted by Crippen LogP contribution is -2.22. The lowest BCUT2D eigenvalue weighted by Gasteiger charge is -2.14. The van der Waals surface area contributed by atoms with E-state index in [0.29, 0.717) is 23.1 Å². The summed E-state index contributed by atoms with van der Waals surface area (Å²) in [5.74, 6) is -0.157. The molecule has 0 aliphatic carbocycles. The van der Waals surface area contributed by atoms with Gasteiger partial charge in [0.05, 0.1) is 28.7 Å². The number of pyridine rings is 1. The standard InChI is InChI=1S/C18H21FN4OS/c1-5-12(19)7-6-11(2)23-10-21-15-14-13(22(3)4)8-9-20-17(14)25-16(15)18(23)24/h7-11H,5-6H2,1-4H3/b12-7+. The molecule has 0 radical (unpaired) electrons. The first kappa shape index (κ1) is 17.5. The van der Waals surface area contributed by atoms with Crippen LogP contribution in [-0.4, -0.2) is 28.6 Å². The number of hydrogen-bond acceptors (Lipinski definition) is 5. The van der Waals surface area contributed by atoms with Crippen molar-refractivity contribution in [2.75, 3.05) is 19.0 Å². The van der Waals surface area contributed by atoms with Crippen LogP contribution in [0.2, 0.25) is 0 Å². The molecule has 7 heteroatoms. The molecule has 132 valence electrons. The summed E-state index contributed by atoms with van der Waals surface area (Å²) in [5.41, 5.74) is 1.57. The molecule has 1 unspecified atom stereocenters. The van der Waals surface area contributed by atoms with Gasteiger partial charge in [-0.25, -0.2) is 14.4 Å². The number of rotatable bonds is 5. The Labute approximate surface area is 149 Å². The van der Waals surface area contributed by atoms with E-state index in [4.69, 9.17) is 0 Å². The summed E-state index contributed by atoms with van der Waals surface area (Å²) in [6, 6.07) is 1.76. The van der Waals surface area contributed by atoms with E-state index in [1.807, 2.05) is 32.0 Å². The van der Waals surface area contributed by atoms with Crippen molar-refractivity contribution >= 4 is 37.5 Å². The molecule has 3 heterocycles. The molecule has 25 heavy (non-hydrogen) atoms. The summed E-state index contributed by atoms with van der Waals surface area (Å²) in [6.45, 7) is 3.66. The summed E-state index contributed by atoms with van der Waals surface area (Å²) in [7, 11) is 3.91. The van der Waals surface area contributed by atoms with E-state index in [2.05, 4.69) is 9.97 Å². The Morgan fingerprint density at radius 2 is 2.20 bits per heavy atom. The number of nitrogens with zero attached hydrogens (tertiary/aromatic N) is 4. The molecule has 1 atom stereocenters. The molecule has 0 fully saturated rings. The lowest BCUT2D eigenvalue weighted by molar-refractivity contribution is 0.518. The maximum absolute atomic E-state index is 13.4. The quantitative estimate of drug-likeness (QED) is 0.681. The highest BCUT2D eigenvalue weighted by atomic mass is 32.1. The van der Waals surface area contributed by atoms with Crippen LogP contribution in [-0.2, 0) is 0 Å². The molecule has 0 aliphatic heterocycles. The fourth-order valence-electron chi connectivity index (χ4n) is 2.79. The Bertz CT molecular complexity index is 1010. The van der Waals surface area contributed by atoms with Gasteiger partial charge in [0, 0.05) is 26.3 Å². The zero-order valence-corrected chi connectivity index (χ0v) is 15.6. The Morgan fingerprint density at radius 3 is 2.88 bits per heavy atom. The number of anilines is 1. The van der Waals surface area contributed by atoms with E-state index in [1.165, 1.54) is 17.4 Å². The second kappa shape index (κ2) is 6.92. The van der Waals surface area contributed by atoms with Gasteiger partial charge in [-0.1, -0.05) is 13.0 Å². The normalized spacial score (nSPS) is 13.6. The van der Waals surface area contributed by atoms with E-state index >= 15 is 0 Å². The monoisotopic (exact) mass is 360 g/mol. The molecular formula is C18H21FN4OS. The minimum atomic E-state index is -0.159. The molecule has 3 aromatic heterocycles. The van der Waals surface area contributed by atoms with Crippen molar-refractivity contribution in [2.24, 2.45) is 0 Å². The fourth-order valence-corrected chi connectivity index (χ4v) is 3.85. The van der Waals surface area contributed by atoms with Gasteiger partial charge < -0.3 is 4.90 Å². The van der Waals surface area contributed by atoms with Crippen LogP contribution in [0, 0.1) is 0 Å². The van der Waals surface area contributed by atoms with Crippen LogP contribution in [0.1, 0.15) is 32.7 Å². The van der Waals surface area contributed by atoms with Gasteiger partial charge in [0.1, 0.15) is 9.53 Å². The van der Waals surface area contributed by atoms with Gasteiger partial charge >= 0.3 is 0 Å². The van der Waals surface area contributed by atoms with Crippen molar-refractivity contribution < 1.29 is 4.39 Å². The molecule has 3 rings (SSSR count). The third-order valence-corrected chi connectivity index (χ3v) is 5.33. The Balaban J connectivity index is 2.14. The first-order valence-corrected chi connectivity index (χ1v) is 9.05. The zero-order chi connectivity index (χ0) is 18.1. The van der Waals surface area contributed by atoms with Crippen molar-refractivity contribution in [3.8, 4) is 0 Å². The second-order valence-corrected chi connectivity index (χ2v) is 7.23. The second-order valence-electron chi connectivity index (χ2n) is 6.23. The van der Waals surface area contributed by atoms with Crippen molar-refractivity contribution in [1.82, 2.24) is 14.5 Å². The Kier molecular flexibility index (Phi) is 4.85. The third-order valence-electron chi connectivity index (χ3n) is 4.26. The molecule has 0 spiro atoms. The van der Waals surface area contributed by atoms with Crippen LogP contribution >= 0.6 is 11.3 Å². The minimum absolute atomic E-state index is 0.101. The van der Waals surface area contributed by atoms with E-state index in [0.717, 1.165) is 15.9 Å². The lowest BCUT2D eigenvalue weighted by atomic mass is 10.2. The Morgan fingerprint density at radius 1 is 1.44 bits per heavy atom. The average Bonchev–Trinajstić information content (AvgIpc) is 2.99. The summed E-state index contributed by atoms with van der Waals surface area (Å²) in [6.07, 6.45) is 5.67. The zero-order valence-electron chi connectivity index (χ0n) is 14.8. The van der Waals surface area contributed by atoms with Gasteiger partial charge in [-0.15, -0.1) is 11.3 Å². The number of aromatic nitrogens is 3. The molecule has 0 aliphatic rings. The van der Waals surface area contributed by atoms with Gasteiger partial charge in [-0.05, 0) is 25.8 Å². The highest BCUT2D eigenvalue weighted by Gasteiger charge is 2.17. The minimum Gasteiger partial charge on any atom is -0.377 e. The third kappa shape index (κ3) is 3.16. The summed E-state index contributed by atoms with van der Waals surface area (Å²) in [4.78, 5) is 24.6. The van der Waals surface area contributed by atoms with Crippen LogP contribution in [0.5, 0.6) is 0 Å². The van der Waals surface area contributed by atoms with E-state index in [-0.39, 0.29) is 17.4 Å². The number of halogens is 1. The maximum atomic E-state index is 13.4. The summed E-state index contributed by atoms with van der Waals surface area (Å²) < 4.78 is 15.5. The SMILES string of the molecule is CC/C(F)=C\CC(C)n1cnc2c(sc3nccc(N(C)C)c32)c1=O. The van der Waals surface area contributed by atoms with Gasteiger partial charge in [0.15, 0.2) is 0 Å². The largest absolute Gasteiger partial charge is 0.377 e. The van der Waals surface area contributed by atoms with Crippen LogP contribution in [0.4, 0.5) is 10.1 Å². The first-order chi connectivity index (χ1) is 11.9. The molecular weight excluding hydrogens is 339 g/mol. The van der Waals surface area contributed by atoms with Gasteiger partial charge in [-0.3, -0.25) is 9.36 Å². The van der Waals surface area contributed by atoms with Crippen LogP contribution in [0.15, 0.2) is 35.3 Å². The predicted octanol–water partition coefficient (Wildman–Crippen LogP) is 4.29. The van der Waals surface area contributed by atoms with E-state index in [9.17, 15) is 9.18 Å². The number of fused-ring (bicyclic) bond motifs is 3. The Hall–Kier alpha value is -2.28. The first-order valence-electron chi connectivity index (χ1n) is 8.24. The van der Waals surface area contributed by atoms with Crippen molar-refractivity contribution in [3.05, 3.63) is 40.8 Å². The molecule has 0 aromatic carbocycles. The average molecular weight is 360 g/mol. The molecule has 3 aromatic rings. The summed E-state index contributed by atoms with van der Waals surface area (Å²) >= 11 is 1.36. The van der Waals surface area contributed by atoms with E-state index in [1.54, 1.807) is 24.0 Å². The summed E-state index contributed by atoms with van der Waals surface area (Å²) in [5, 5.41) is 0.904. The molecule has 5 nitrogen and oxygen atoms in total. The maximum Gasteiger partial charge on any atom is 0.271 e. The van der Waals surface area contributed by atoms with Crippen LogP contribution in [0.3, 0.4) is 0 Å². The predicted molar refractivity (Wildman–Crippen MR) is 102 cm³/mol. The van der Waals surface area contributed by atoms with Gasteiger partial charge in [-0.2, -0.15) is 0 Å². The van der Waals surface area contributed by atoms with Crippen LogP contribution < -0.4 is 10.5 Å². The van der Waals surface area contributed by atoms with Crippen molar-refractivity contribution in [2.45, 2.75) is 32.7 Å². The van der Waals surface area contributed by atoms with Gasteiger partial charge in [0.2, 0.25) is 0 Å².